The summed E-state index contributed by atoms with van der Waals surface area (Å²) in [5, 5.41) is 0.246. The molecule has 0 amide bonds. The van der Waals surface area contributed by atoms with Crippen LogP contribution in [0.1, 0.15) is 86.3 Å². The van der Waals surface area contributed by atoms with Crippen LogP contribution in [0.2, 0.25) is 0 Å². The average molecular weight is 560 g/mol. The molecular weight excluding hydrogens is 530 g/mol. The maximum absolute atomic E-state index is 13.7. The molecule has 3 aliphatic rings. The number of ether oxygens (including phenoxy) is 1. The molecule has 6 rings (SSSR count). The van der Waals surface area contributed by atoms with Crippen LogP contribution in [0, 0.1) is 18.8 Å². The first-order chi connectivity index (χ1) is 18.8. The Labute approximate surface area is 237 Å². The maximum atomic E-state index is 13.7. The van der Waals surface area contributed by atoms with Crippen molar-refractivity contribution in [3.8, 4) is 0 Å². The van der Waals surface area contributed by atoms with Crippen LogP contribution >= 0.6 is 23.4 Å². The van der Waals surface area contributed by atoms with Crippen molar-refractivity contribution in [3.05, 3.63) is 88.0 Å². The molecule has 7 heteroatoms. The molecule has 4 unspecified atom stereocenters. The summed E-state index contributed by atoms with van der Waals surface area (Å²) in [4.78, 5) is 42.3. The fraction of sp³-hybridized carbons (Fsp3) is 0.344. The van der Waals surface area contributed by atoms with Crippen LogP contribution in [-0.2, 0) is 4.74 Å². The van der Waals surface area contributed by atoms with E-state index in [4.69, 9.17) is 22.1 Å². The van der Waals surface area contributed by atoms with Crippen LogP contribution in [0.5, 0.6) is 0 Å². The summed E-state index contributed by atoms with van der Waals surface area (Å²) in [5.74, 6) is -0.0669. The third-order valence-electron chi connectivity index (χ3n) is 8.45. The Hall–Kier alpha value is -3.09. The molecule has 0 aliphatic heterocycles. The predicted molar refractivity (Wildman–Crippen MR) is 153 cm³/mol. The zero-order valence-corrected chi connectivity index (χ0v) is 23.3. The first kappa shape index (κ1) is 26.1. The lowest BCUT2D eigenvalue weighted by molar-refractivity contribution is -0.000580. The maximum Gasteiger partial charge on any atom is 0.340 e. The van der Waals surface area contributed by atoms with Gasteiger partial charge < -0.3 is 10.5 Å². The van der Waals surface area contributed by atoms with E-state index in [1.165, 1.54) is 11.8 Å². The Morgan fingerprint density at radius 1 is 0.897 bits per heavy atom. The molecule has 5 nitrogen and oxygen atoms in total. The lowest BCUT2D eigenvalue weighted by Gasteiger charge is -2.40. The molecule has 3 aliphatic carbocycles. The molecule has 0 bridgehead atoms. The largest absolute Gasteiger partial charge is 0.459 e. The number of ketones is 2. The molecule has 0 radical (unpaired) electrons. The van der Waals surface area contributed by atoms with Crippen molar-refractivity contribution in [3.63, 3.8) is 0 Å². The van der Waals surface area contributed by atoms with E-state index in [9.17, 15) is 14.4 Å². The minimum Gasteiger partial charge on any atom is -0.459 e. The van der Waals surface area contributed by atoms with Gasteiger partial charge in [0, 0.05) is 31.9 Å². The summed E-state index contributed by atoms with van der Waals surface area (Å²) in [5.41, 5.74) is 8.76. The van der Waals surface area contributed by atoms with Crippen molar-refractivity contribution in [1.82, 2.24) is 0 Å². The van der Waals surface area contributed by atoms with Crippen molar-refractivity contribution in [2.75, 3.05) is 5.73 Å². The molecule has 4 atom stereocenters. The summed E-state index contributed by atoms with van der Waals surface area (Å²) >= 11 is 7.74. The Bertz CT molecular complexity index is 1480. The van der Waals surface area contributed by atoms with Crippen molar-refractivity contribution in [2.24, 2.45) is 11.8 Å². The minimum absolute atomic E-state index is 0.00689. The molecule has 0 saturated heterocycles. The van der Waals surface area contributed by atoms with Crippen molar-refractivity contribution < 1.29 is 19.1 Å². The number of anilines is 1. The summed E-state index contributed by atoms with van der Waals surface area (Å²) in [6, 6.07) is 16.3. The van der Waals surface area contributed by atoms with E-state index in [2.05, 4.69) is 0 Å². The Kier molecular flexibility index (Phi) is 7.02. The van der Waals surface area contributed by atoms with Crippen LogP contribution in [0.25, 0.3) is 0 Å². The minimum atomic E-state index is -0.547. The highest BCUT2D eigenvalue weighted by atomic mass is 35.5. The molecule has 0 heterocycles. The predicted octanol–water partition coefficient (Wildman–Crippen LogP) is 7.24. The van der Waals surface area contributed by atoms with Gasteiger partial charge in [0.25, 0.3) is 0 Å². The Morgan fingerprint density at radius 2 is 1.54 bits per heavy atom. The summed E-state index contributed by atoms with van der Waals surface area (Å²) in [6.07, 6.45) is 5.48. The topological polar surface area (TPSA) is 86.5 Å². The van der Waals surface area contributed by atoms with Gasteiger partial charge in [-0.15, -0.1) is 11.6 Å². The van der Waals surface area contributed by atoms with Gasteiger partial charge in [-0.3, -0.25) is 9.59 Å². The lowest BCUT2D eigenvalue weighted by atomic mass is 9.70. The second-order valence-electron chi connectivity index (χ2n) is 11.0. The molecule has 39 heavy (non-hydrogen) atoms. The monoisotopic (exact) mass is 559 g/mol. The SMILES string of the molecule is Cc1ccc(Sc2cc(C(=O)OC3CCC4CC(Cl)CCC4C3)c(N)c3c2C(=O)c2ccccc2C3=O)cc1. The fourth-order valence-corrected chi connectivity index (χ4v) is 7.73. The number of hydrogen-bond acceptors (Lipinski definition) is 6. The summed E-state index contributed by atoms with van der Waals surface area (Å²) in [7, 11) is 0. The smallest absolute Gasteiger partial charge is 0.340 e. The average Bonchev–Trinajstić information content (AvgIpc) is 2.93. The van der Waals surface area contributed by atoms with E-state index in [0.29, 0.717) is 27.9 Å². The van der Waals surface area contributed by atoms with E-state index in [1.807, 2.05) is 31.2 Å². The van der Waals surface area contributed by atoms with Gasteiger partial charge in [0.15, 0.2) is 11.6 Å². The number of halogens is 1. The number of nitrogens with two attached hydrogens (primary N) is 1. The number of hydrogen-bond donors (Lipinski definition) is 1. The summed E-state index contributed by atoms with van der Waals surface area (Å²) < 4.78 is 6.02. The molecule has 200 valence electrons. The van der Waals surface area contributed by atoms with Crippen molar-refractivity contribution in [1.29, 1.82) is 0 Å². The van der Waals surface area contributed by atoms with E-state index >= 15 is 0 Å². The standard InChI is InChI=1S/C32H30ClNO4S/c1-17-6-12-22(13-7-17)39-26-16-25(32(37)38-21-11-9-18-14-20(33)10-8-19(18)15-21)29(34)28-27(26)30(35)23-4-2-3-5-24(23)31(28)36/h2-7,12-13,16,18-21H,8-11,14-15,34H2,1H3. The number of benzene rings is 3. The third kappa shape index (κ3) is 4.89. The molecule has 2 saturated carbocycles. The lowest BCUT2D eigenvalue weighted by Crippen LogP contribution is -2.35. The molecular formula is C32H30ClNO4S. The van der Waals surface area contributed by atoms with Gasteiger partial charge >= 0.3 is 5.97 Å². The van der Waals surface area contributed by atoms with Gasteiger partial charge in [-0.1, -0.05) is 53.7 Å². The zero-order valence-electron chi connectivity index (χ0n) is 21.7. The van der Waals surface area contributed by atoms with Crippen LogP contribution < -0.4 is 5.73 Å². The third-order valence-corrected chi connectivity index (χ3v) is 9.89. The Balaban J connectivity index is 1.36. The van der Waals surface area contributed by atoms with E-state index in [-0.39, 0.29) is 45.4 Å². The van der Waals surface area contributed by atoms with Crippen LogP contribution in [0.15, 0.2) is 64.4 Å². The number of rotatable bonds is 4. The molecule has 0 spiro atoms. The quantitative estimate of drug-likeness (QED) is 0.161. The molecule has 2 N–H and O–H groups in total. The highest BCUT2D eigenvalue weighted by Crippen LogP contribution is 2.44. The first-order valence-electron chi connectivity index (χ1n) is 13.5. The number of esters is 1. The van der Waals surface area contributed by atoms with Crippen LogP contribution in [-0.4, -0.2) is 29.0 Å². The van der Waals surface area contributed by atoms with E-state index in [1.54, 1.807) is 30.3 Å². The van der Waals surface area contributed by atoms with E-state index < -0.39 is 5.97 Å². The van der Waals surface area contributed by atoms with Crippen LogP contribution in [0.3, 0.4) is 0 Å². The molecule has 3 aromatic rings. The normalized spacial score (nSPS) is 23.9. The van der Waals surface area contributed by atoms with Gasteiger partial charge in [0.05, 0.1) is 16.8 Å². The first-order valence-corrected chi connectivity index (χ1v) is 14.8. The van der Waals surface area contributed by atoms with Crippen LogP contribution in [0.4, 0.5) is 5.69 Å². The van der Waals surface area contributed by atoms with Crippen molar-refractivity contribution >= 4 is 46.6 Å². The van der Waals surface area contributed by atoms with Gasteiger partial charge in [-0.2, -0.15) is 0 Å². The van der Waals surface area contributed by atoms with Gasteiger partial charge in [-0.05, 0) is 75.5 Å². The number of carbonyl (C=O) groups excluding carboxylic acids is 3. The van der Waals surface area contributed by atoms with Crippen molar-refractivity contribution in [2.45, 2.75) is 66.7 Å². The molecule has 2 fully saturated rings. The second-order valence-corrected chi connectivity index (χ2v) is 12.7. The number of fused-ring (bicyclic) bond motifs is 3. The number of carbonyl (C=O) groups is 3. The molecule has 0 aromatic heterocycles. The number of aryl methyl sites for hydroxylation is 1. The number of alkyl halides is 1. The fourth-order valence-electron chi connectivity index (χ4n) is 6.38. The van der Waals surface area contributed by atoms with Gasteiger partial charge in [0.1, 0.15) is 6.10 Å². The Morgan fingerprint density at radius 3 is 2.26 bits per heavy atom. The van der Waals surface area contributed by atoms with Gasteiger partial charge in [0.2, 0.25) is 0 Å². The van der Waals surface area contributed by atoms with E-state index in [0.717, 1.165) is 49.0 Å². The summed E-state index contributed by atoms with van der Waals surface area (Å²) in [6.45, 7) is 2.00. The second kappa shape index (κ2) is 10.5. The number of nitrogen functional groups attached to an aromatic ring is 1. The highest BCUT2D eigenvalue weighted by molar-refractivity contribution is 7.99. The van der Waals surface area contributed by atoms with Gasteiger partial charge in [-0.25, -0.2) is 4.79 Å². The highest BCUT2D eigenvalue weighted by Gasteiger charge is 2.39. The molecule has 3 aromatic carbocycles. The zero-order chi connectivity index (χ0) is 27.3.